The lowest BCUT2D eigenvalue weighted by Gasteiger charge is -2.65. The number of aromatic nitrogens is 2. The number of nitrogen functional groups attached to an aromatic ring is 1. The maximum Gasteiger partial charge on any atom is 0.239 e. The molecule has 1 aromatic heterocycles. The standard InChI is InChI=1S/C16H25N5/c1-14-5-11-6-15(2,8-14)10-16(7-11,9-14)20-12-3-4-18-13(19-12)21-17/h3-4,11H,5-10,17H2,1-2H3,(H2,18,19,20,21). The molecule has 1 heterocycles. The Morgan fingerprint density at radius 1 is 1.14 bits per heavy atom. The largest absolute Gasteiger partial charge is 0.364 e. The van der Waals surface area contributed by atoms with Crippen LogP contribution in [0.3, 0.4) is 0 Å². The molecule has 114 valence electrons. The molecule has 4 N–H and O–H groups in total. The van der Waals surface area contributed by atoms with Gasteiger partial charge in [-0.15, -0.1) is 0 Å². The normalized spacial score (nSPS) is 43.9. The van der Waals surface area contributed by atoms with Crippen LogP contribution < -0.4 is 16.6 Å². The van der Waals surface area contributed by atoms with E-state index in [2.05, 4.69) is 34.6 Å². The van der Waals surface area contributed by atoms with Crippen LogP contribution in [0, 0.1) is 16.7 Å². The van der Waals surface area contributed by atoms with Gasteiger partial charge < -0.3 is 5.32 Å². The molecule has 1 aromatic rings. The van der Waals surface area contributed by atoms with E-state index in [0.717, 1.165) is 11.7 Å². The molecule has 4 fully saturated rings. The van der Waals surface area contributed by atoms with E-state index >= 15 is 0 Å². The SMILES string of the molecule is CC12CC3CC(C)(C1)CC(Nc1ccnc(NN)n1)(C3)C2. The first-order valence-corrected chi connectivity index (χ1v) is 8.00. The highest BCUT2D eigenvalue weighted by atomic mass is 15.3. The molecule has 0 spiro atoms. The molecule has 0 saturated heterocycles. The fourth-order valence-electron chi connectivity index (χ4n) is 6.36. The van der Waals surface area contributed by atoms with Crippen molar-refractivity contribution in [2.24, 2.45) is 22.6 Å². The maximum absolute atomic E-state index is 5.42. The fourth-order valence-corrected chi connectivity index (χ4v) is 6.36. The predicted molar refractivity (Wildman–Crippen MR) is 83.6 cm³/mol. The minimum absolute atomic E-state index is 0.211. The number of nitrogens with zero attached hydrogens (tertiary/aromatic N) is 2. The van der Waals surface area contributed by atoms with E-state index in [4.69, 9.17) is 5.84 Å². The zero-order valence-corrected chi connectivity index (χ0v) is 12.9. The number of rotatable bonds is 3. The summed E-state index contributed by atoms with van der Waals surface area (Å²) >= 11 is 0. The van der Waals surface area contributed by atoms with Gasteiger partial charge in [0.1, 0.15) is 5.82 Å². The summed E-state index contributed by atoms with van der Waals surface area (Å²) in [4.78, 5) is 8.55. The van der Waals surface area contributed by atoms with Crippen LogP contribution in [0.4, 0.5) is 11.8 Å². The van der Waals surface area contributed by atoms with Gasteiger partial charge in [0, 0.05) is 11.7 Å². The van der Waals surface area contributed by atoms with Crippen LogP contribution in [0.25, 0.3) is 0 Å². The molecule has 4 bridgehead atoms. The van der Waals surface area contributed by atoms with Crippen molar-refractivity contribution in [3.63, 3.8) is 0 Å². The molecule has 0 radical (unpaired) electrons. The third-order valence-corrected chi connectivity index (χ3v) is 5.80. The molecule has 4 aliphatic carbocycles. The minimum atomic E-state index is 0.211. The van der Waals surface area contributed by atoms with Crippen molar-refractivity contribution in [3.8, 4) is 0 Å². The van der Waals surface area contributed by atoms with Crippen LogP contribution in [0.1, 0.15) is 52.4 Å². The van der Waals surface area contributed by atoms with Crippen molar-refractivity contribution in [1.29, 1.82) is 0 Å². The summed E-state index contributed by atoms with van der Waals surface area (Å²) in [5.41, 5.74) is 3.75. The summed E-state index contributed by atoms with van der Waals surface area (Å²) in [5, 5.41) is 3.76. The Morgan fingerprint density at radius 3 is 2.48 bits per heavy atom. The van der Waals surface area contributed by atoms with Gasteiger partial charge in [-0.3, -0.25) is 5.43 Å². The second-order valence-corrected chi connectivity index (χ2v) is 8.45. The van der Waals surface area contributed by atoms with Gasteiger partial charge in [-0.25, -0.2) is 10.8 Å². The minimum Gasteiger partial charge on any atom is -0.364 e. The average Bonchev–Trinajstić information content (AvgIpc) is 2.33. The molecule has 0 aliphatic heterocycles. The number of hydrogen-bond donors (Lipinski definition) is 3. The molecular weight excluding hydrogens is 262 g/mol. The lowest BCUT2D eigenvalue weighted by molar-refractivity contribution is -0.0973. The van der Waals surface area contributed by atoms with Crippen molar-refractivity contribution in [1.82, 2.24) is 9.97 Å². The summed E-state index contributed by atoms with van der Waals surface area (Å²) in [5.74, 6) is 7.66. The number of hydrazine groups is 1. The van der Waals surface area contributed by atoms with E-state index < -0.39 is 0 Å². The van der Waals surface area contributed by atoms with Gasteiger partial charge in [0.15, 0.2) is 0 Å². The number of anilines is 2. The summed E-state index contributed by atoms with van der Waals surface area (Å²) < 4.78 is 0. The van der Waals surface area contributed by atoms with Crippen molar-refractivity contribution < 1.29 is 0 Å². The summed E-state index contributed by atoms with van der Waals surface area (Å²) in [7, 11) is 0. The van der Waals surface area contributed by atoms with Crippen LogP contribution in [-0.2, 0) is 0 Å². The highest BCUT2D eigenvalue weighted by Gasteiger charge is 2.60. The van der Waals surface area contributed by atoms with Gasteiger partial charge >= 0.3 is 0 Å². The van der Waals surface area contributed by atoms with Crippen molar-refractivity contribution in [3.05, 3.63) is 12.3 Å². The van der Waals surface area contributed by atoms with Crippen LogP contribution in [0.2, 0.25) is 0 Å². The third-order valence-electron chi connectivity index (χ3n) is 5.80. The van der Waals surface area contributed by atoms with Crippen molar-refractivity contribution in [2.45, 2.75) is 57.9 Å². The highest BCUT2D eigenvalue weighted by Crippen LogP contribution is 2.66. The van der Waals surface area contributed by atoms with Gasteiger partial charge in [-0.1, -0.05) is 13.8 Å². The zero-order valence-electron chi connectivity index (χ0n) is 12.9. The second-order valence-electron chi connectivity index (χ2n) is 8.45. The van der Waals surface area contributed by atoms with Gasteiger partial charge in [0.2, 0.25) is 5.95 Å². The molecule has 5 rings (SSSR count). The summed E-state index contributed by atoms with van der Waals surface area (Å²) in [6.45, 7) is 4.97. The zero-order chi connectivity index (χ0) is 14.7. The van der Waals surface area contributed by atoms with E-state index in [0.29, 0.717) is 16.8 Å². The van der Waals surface area contributed by atoms with Gasteiger partial charge in [0.25, 0.3) is 0 Å². The first-order chi connectivity index (χ1) is 9.92. The molecule has 4 saturated carbocycles. The molecule has 5 nitrogen and oxygen atoms in total. The van der Waals surface area contributed by atoms with E-state index in [1.165, 1.54) is 38.5 Å². The summed E-state index contributed by atoms with van der Waals surface area (Å²) in [6, 6.07) is 1.95. The van der Waals surface area contributed by atoms with E-state index in [1.54, 1.807) is 6.20 Å². The highest BCUT2D eigenvalue weighted by molar-refractivity contribution is 5.43. The fraction of sp³-hybridized carbons (Fsp3) is 0.750. The Labute approximate surface area is 126 Å². The lowest BCUT2D eigenvalue weighted by Crippen LogP contribution is -2.61. The lowest BCUT2D eigenvalue weighted by atomic mass is 9.43. The van der Waals surface area contributed by atoms with Crippen LogP contribution in [-0.4, -0.2) is 15.5 Å². The average molecular weight is 287 g/mol. The Kier molecular flexibility index (Phi) is 2.60. The summed E-state index contributed by atoms with van der Waals surface area (Å²) in [6.07, 6.45) is 9.78. The molecule has 4 aliphatic rings. The van der Waals surface area contributed by atoms with Gasteiger partial charge in [0.05, 0.1) is 0 Å². The van der Waals surface area contributed by atoms with Crippen molar-refractivity contribution in [2.75, 3.05) is 10.7 Å². The molecule has 21 heavy (non-hydrogen) atoms. The Bertz CT molecular complexity index is 554. The molecule has 2 atom stereocenters. The topological polar surface area (TPSA) is 75.9 Å². The third kappa shape index (κ3) is 2.18. The van der Waals surface area contributed by atoms with Crippen molar-refractivity contribution >= 4 is 11.8 Å². The quantitative estimate of drug-likeness (QED) is 0.588. The Hall–Kier alpha value is -1.36. The second kappa shape index (κ2) is 4.09. The van der Waals surface area contributed by atoms with E-state index in [9.17, 15) is 0 Å². The first-order valence-electron chi connectivity index (χ1n) is 8.00. The molecule has 5 heteroatoms. The molecule has 0 aromatic carbocycles. The van der Waals surface area contributed by atoms with E-state index in [-0.39, 0.29) is 5.54 Å². The predicted octanol–water partition coefficient (Wildman–Crippen LogP) is 2.92. The molecule has 0 amide bonds. The number of hydrogen-bond acceptors (Lipinski definition) is 5. The Morgan fingerprint density at radius 2 is 1.86 bits per heavy atom. The van der Waals surface area contributed by atoms with Gasteiger partial charge in [-0.05, 0) is 61.3 Å². The Balaban J connectivity index is 1.65. The monoisotopic (exact) mass is 287 g/mol. The van der Waals surface area contributed by atoms with Crippen LogP contribution in [0.5, 0.6) is 0 Å². The number of nitrogens with two attached hydrogens (primary N) is 1. The van der Waals surface area contributed by atoms with Gasteiger partial charge in [-0.2, -0.15) is 4.98 Å². The van der Waals surface area contributed by atoms with Crippen LogP contribution in [0.15, 0.2) is 12.3 Å². The maximum atomic E-state index is 5.42. The van der Waals surface area contributed by atoms with E-state index in [1.807, 2.05) is 6.07 Å². The van der Waals surface area contributed by atoms with Crippen LogP contribution >= 0.6 is 0 Å². The number of nitrogens with one attached hydrogen (secondary N) is 2. The smallest absolute Gasteiger partial charge is 0.239 e. The molecular formula is C16H25N5. The molecule has 2 unspecified atom stereocenters. The first kappa shape index (κ1) is 13.3.